The van der Waals surface area contributed by atoms with Crippen molar-refractivity contribution in [1.82, 2.24) is 10.2 Å². The Hall–Kier alpha value is -3.17. The number of amides is 2. The zero-order chi connectivity index (χ0) is 30.2. The van der Waals surface area contributed by atoms with Gasteiger partial charge in [-0.25, -0.2) is 8.42 Å². The Kier molecular flexibility index (Phi) is 11.2. The van der Waals surface area contributed by atoms with Crippen molar-refractivity contribution in [2.45, 2.75) is 65.1 Å². The first-order chi connectivity index (χ1) is 19.2. The Balaban J connectivity index is 1.90. The van der Waals surface area contributed by atoms with E-state index in [9.17, 15) is 18.0 Å². The molecule has 9 heteroatoms. The minimum atomic E-state index is -3.56. The summed E-state index contributed by atoms with van der Waals surface area (Å²) in [5, 5.41) is 3.06. The molecule has 0 aliphatic carbocycles. The summed E-state index contributed by atoms with van der Waals surface area (Å²) in [4.78, 5) is 29.2. The minimum absolute atomic E-state index is 0.0833. The van der Waals surface area contributed by atoms with Crippen molar-refractivity contribution in [3.05, 3.63) is 100 Å². The number of carbonyl (C=O) groups is 2. The fraction of sp³-hybridized carbons (Fsp3) is 0.375. The number of hydrogen-bond donors (Lipinski definition) is 1. The summed E-state index contributed by atoms with van der Waals surface area (Å²) >= 11 is 3.51. The molecule has 0 saturated heterocycles. The molecule has 3 aromatic carbocycles. The Bertz CT molecular complexity index is 1440. The predicted molar refractivity (Wildman–Crippen MR) is 169 cm³/mol. The smallest absolute Gasteiger partial charge is 0.243 e. The van der Waals surface area contributed by atoms with Gasteiger partial charge < -0.3 is 10.2 Å². The highest BCUT2D eigenvalue weighted by molar-refractivity contribution is 9.10. The quantitative estimate of drug-likeness (QED) is 0.268. The maximum atomic E-state index is 13.9. The Morgan fingerprint density at radius 2 is 1.59 bits per heavy atom. The average molecular weight is 643 g/mol. The molecule has 0 spiro atoms. The van der Waals surface area contributed by atoms with E-state index in [2.05, 4.69) is 21.2 Å². The zero-order valence-electron chi connectivity index (χ0n) is 24.4. The van der Waals surface area contributed by atoms with Crippen LogP contribution in [-0.2, 0) is 32.6 Å². The van der Waals surface area contributed by atoms with Crippen LogP contribution in [0.4, 0.5) is 5.69 Å². The molecule has 1 unspecified atom stereocenters. The van der Waals surface area contributed by atoms with E-state index in [-0.39, 0.29) is 31.3 Å². The molecule has 7 nitrogen and oxygen atoms in total. The molecule has 3 rings (SSSR count). The molecule has 0 fully saturated rings. The van der Waals surface area contributed by atoms with Crippen LogP contribution in [0, 0.1) is 6.92 Å². The molecule has 220 valence electrons. The topological polar surface area (TPSA) is 86.8 Å². The van der Waals surface area contributed by atoms with Gasteiger partial charge in [-0.05, 0) is 75.1 Å². The summed E-state index contributed by atoms with van der Waals surface area (Å²) in [6, 6.07) is 23.8. The van der Waals surface area contributed by atoms with Gasteiger partial charge >= 0.3 is 0 Å². The van der Waals surface area contributed by atoms with Crippen molar-refractivity contribution < 1.29 is 18.0 Å². The highest BCUT2D eigenvalue weighted by Crippen LogP contribution is 2.22. The summed E-state index contributed by atoms with van der Waals surface area (Å²) in [6.07, 6.45) is 1.90. The van der Waals surface area contributed by atoms with Crippen molar-refractivity contribution in [1.29, 1.82) is 0 Å². The van der Waals surface area contributed by atoms with Crippen molar-refractivity contribution in [3.63, 3.8) is 0 Å². The molecule has 41 heavy (non-hydrogen) atoms. The third kappa shape index (κ3) is 10.3. The van der Waals surface area contributed by atoms with Gasteiger partial charge in [-0.2, -0.15) is 0 Å². The van der Waals surface area contributed by atoms with E-state index in [1.54, 1.807) is 11.0 Å². The Morgan fingerprint density at radius 3 is 2.20 bits per heavy atom. The van der Waals surface area contributed by atoms with E-state index < -0.39 is 21.6 Å². The molecular weight excluding hydrogens is 602 g/mol. The summed E-state index contributed by atoms with van der Waals surface area (Å²) in [7, 11) is -3.56. The number of nitrogens with one attached hydrogen (secondary N) is 1. The maximum Gasteiger partial charge on any atom is 0.243 e. The monoisotopic (exact) mass is 641 g/mol. The molecule has 0 aliphatic heterocycles. The summed E-state index contributed by atoms with van der Waals surface area (Å²) in [5.41, 5.74) is 2.85. The van der Waals surface area contributed by atoms with E-state index in [1.165, 1.54) is 10.6 Å². The van der Waals surface area contributed by atoms with Crippen LogP contribution in [0.3, 0.4) is 0 Å². The number of aryl methyl sites for hydroxylation is 1. The lowest BCUT2D eigenvalue weighted by atomic mass is 10.00. The first kappa shape index (κ1) is 32.3. The number of rotatable bonds is 12. The number of hydrogen-bond acceptors (Lipinski definition) is 4. The van der Waals surface area contributed by atoms with Crippen LogP contribution in [0.2, 0.25) is 0 Å². The summed E-state index contributed by atoms with van der Waals surface area (Å²) in [5.74, 6) is -0.449. The number of sulfonamides is 1. The lowest BCUT2D eigenvalue weighted by Gasteiger charge is -2.34. The fourth-order valence-electron chi connectivity index (χ4n) is 4.63. The average Bonchev–Trinajstić information content (AvgIpc) is 2.87. The van der Waals surface area contributed by atoms with Crippen molar-refractivity contribution in [2.24, 2.45) is 0 Å². The third-order valence-electron chi connectivity index (χ3n) is 6.45. The van der Waals surface area contributed by atoms with Gasteiger partial charge in [-0.1, -0.05) is 70.5 Å². The molecule has 0 saturated carbocycles. The highest BCUT2D eigenvalue weighted by Gasteiger charge is 2.32. The first-order valence-corrected chi connectivity index (χ1v) is 16.3. The minimum Gasteiger partial charge on any atom is -0.350 e. The molecule has 0 aromatic heterocycles. The molecule has 0 radical (unpaired) electrons. The standard InChI is InChI=1S/C32H40BrN3O4S/c1-24-12-9-17-28(20-24)36(41(5,39)40)19-11-18-30(37)35(23-26-15-10-16-27(33)21-26)29(31(38)34-32(2,3)4)22-25-13-7-6-8-14-25/h6-10,12-17,20-21,29H,11,18-19,22-23H2,1-5H3,(H,34,38). The van der Waals surface area contributed by atoms with Crippen LogP contribution < -0.4 is 9.62 Å². The summed E-state index contributed by atoms with van der Waals surface area (Å²) in [6.45, 7) is 8.03. The highest BCUT2D eigenvalue weighted by atomic mass is 79.9. The second kappa shape index (κ2) is 14.1. The Morgan fingerprint density at radius 1 is 0.927 bits per heavy atom. The molecular formula is C32H40BrN3O4S. The number of benzene rings is 3. The molecule has 1 atom stereocenters. The molecule has 0 bridgehead atoms. The molecule has 1 N–H and O–H groups in total. The van der Waals surface area contributed by atoms with E-state index in [4.69, 9.17) is 0 Å². The third-order valence-corrected chi connectivity index (χ3v) is 8.14. The van der Waals surface area contributed by atoms with Crippen LogP contribution in [0.1, 0.15) is 50.3 Å². The lowest BCUT2D eigenvalue weighted by Crippen LogP contribution is -2.54. The van der Waals surface area contributed by atoms with Gasteiger partial charge in [-0.3, -0.25) is 13.9 Å². The van der Waals surface area contributed by atoms with E-state index >= 15 is 0 Å². The van der Waals surface area contributed by atoms with Gasteiger partial charge in [0.25, 0.3) is 0 Å². The van der Waals surface area contributed by atoms with Crippen molar-refractivity contribution in [3.8, 4) is 0 Å². The normalized spacial score (nSPS) is 12.4. The molecule has 0 heterocycles. The Labute approximate surface area is 253 Å². The van der Waals surface area contributed by atoms with Crippen LogP contribution in [0.5, 0.6) is 0 Å². The number of anilines is 1. The predicted octanol–water partition coefficient (Wildman–Crippen LogP) is 5.86. The van der Waals surface area contributed by atoms with Gasteiger partial charge in [0, 0.05) is 35.9 Å². The van der Waals surface area contributed by atoms with Gasteiger partial charge in [0.05, 0.1) is 11.9 Å². The van der Waals surface area contributed by atoms with E-state index in [0.29, 0.717) is 18.5 Å². The van der Waals surface area contributed by atoms with Crippen LogP contribution >= 0.6 is 15.9 Å². The lowest BCUT2D eigenvalue weighted by molar-refractivity contribution is -0.142. The second-order valence-corrected chi connectivity index (χ2v) is 14.2. The van der Waals surface area contributed by atoms with Gasteiger partial charge in [0.1, 0.15) is 6.04 Å². The largest absolute Gasteiger partial charge is 0.350 e. The number of halogens is 1. The maximum absolute atomic E-state index is 13.9. The first-order valence-electron chi connectivity index (χ1n) is 13.7. The summed E-state index contributed by atoms with van der Waals surface area (Å²) < 4.78 is 27.5. The fourth-order valence-corrected chi connectivity index (χ4v) is 6.03. The van der Waals surface area contributed by atoms with Gasteiger partial charge in [-0.15, -0.1) is 0 Å². The number of nitrogens with zero attached hydrogens (tertiary/aromatic N) is 2. The van der Waals surface area contributed by atoms with E-state index in [1.807, 2.05) is 100 Å². The van der Waals surface area contributed by atoms with Crippen LogP contribution in [0.25, 0.3) is 0 Å². The second-order valence-electron chi connectivity index (χ2n) is 11.4. The van der Waals surface area contributed by atoms with Crippen LogP contribution in [0.15, 0.2) is 83.3 Å². The van der Waals surface area contributed by atoms with Gasteiger partial charge in [0.2, 0.25) is 21.8 Å². The zero-order valence-corrected chi connectivity index (χ0v) is 26.8. The SMILES string of the molecule is Cc1cccc(N(CCCC(=O)N(Cc2cccc(Br)c2)C(Cc2ccccc2)C(=O)NC(C)(C)C)S(C)(=O)=O)c1. The number of carbonyl (C=O) groups excluding carboxylic acids is 2. The molecule has 2 amide bonds. The van der Waals surface area contributed by atoms with Crippen LogP contribution in [-0.4, -0.2) is 49.5 Å². The molecule has 0 aliphatic rings. The van der Waals surface area contributed by atoms with E-state index in [0.717, 1.165) is 21.2 Å². The van der Waals surface area contributed by atoms with Gasteiger partial charge in [0.15, 0.2) is 0 Å². The van der Waals surface area contributed by atoms with Crippen molar-refractivity contribution in [2.75, 3.05) is 17.1 Å². The molecule has 3 aromatic rings. The van der Waals surface area contributed by atoms with Crippen molar-refractivity contribution >= 4 is 43.5 Å².